The van der Waals surface area contributed by atoms with Gasteiger partial charge in [-0.05, 0) is 36.1 Å². The minimum Gasteiger partial charge on any atom is -0.110 e. The van der Waals surface area contributed by atoms with E-state index in [2.05, 4.69) is 31.7 Å². The van der Waals surface area contributed by atoms with Gasteiger partial charge in [0, 0.05) is 0 Å². The van der Waals surface area contributed by atoms with Gasteiger partial charge >= 0.3 is 0 Å². The van der Waals surface area contributed by atoms with Gasteiger partial charge in [-0.1, -0.05) is 37.3 Å². The Morgan fingerprint density at radius 3 is 2.62 bits per heavy atom. The molecule has 2 radical (unpaired) electrons. The Hall–Kier alpha value is -0.243. The van der Waals surface area contributed by atoms with Gasteiger partial charge in [-0.15, -0.1) is 23.2 Å². The Morgan fingerprint density at radius 1 is 1.44 bits per heavy atom. The number of hydrogen-bond donors (Lipinski definition) is 0. The van der Waals surface area contributed by atoms with Crippen molar-refractivity contribution < 1.29 is 0 Å². The van der Waals surface area contributed by atoms with Gasteiger partial charge in [-0.25, -0.2) is 0 Å². The molecule has 0 aliphatic heterocycles. The second-order valence-electron chi connectivity index (χ2n) is 3.81. The molecule has 0 unspecified atom stereocenters. The fraction of sp³-hybridized carbons (Fsp3) is 0.385. The van der Waals surface area contributed by atoms with Crippen LogP contribution in [-0.4, -0.2) is 14.0 Å². The predicted octanol–water partition coefficient (Wildman–Crippen LogP) is 4.25. The molecule has 16 heavy (non-hydrogen) atoms. The van der Waals surface area contributed by atoms with E-state index in [0.29, 0.717) is 9.52 Å². The van der Waals surface area contributed by atoms with Gasteiger partial charge < -0.3 is 0 Å². The molecule has 0 saturated carbocycles. The highest BCUT2D eigenvalue weighted by molar-refractivity contribution is 6.68. The van der Waals surface area contributed by atoms with Crippen LogP contribution in [0.2, 0.25) is 0 Å². The van der Waals surface area contributed by atoms with Crippen molar-refractivity contribution in [2.45, 2.75) is 30.8 Å². The maximum atomic E-state index is 5.79. The van der Waals surface area contributed by atoms with E-state index in [-0.39, 0.29) is 4.46 Å². The fourth-order valence-corrected chi connectivity index (χ4v) is 2.75. The quantitative estimate of drug-likeness (QED) is 0.555. The predicted molar refractivity (Wildman–Crippen MR) is 75.5 cm³/mol. The lowest BCUT2D eigenvalue weighted by Gasteiger charge is -2.11. The third-order valence-corrected chi connectivity index (χ3v) is 4.30. The molecule has 1 aromatic rings. The Kier molecular flexibility index (Phi) is 5.60. The molecule has 0 spiro atoms. The SMILES string of the molecule is C=C(C)c1ccc(CC)cc1C[Si]C(Cl)Cl. The number of aryl methyl sites for hydroxylation is 1. The van der Waals surface area contributed by atoms with E-state index in [4.69, 9.17) is 23.2 Å². The molecule has 0 aliphatic rings. The van der Waals surface area contributed by atoms with E-state index >= 15 is 0 Å². The van der Waals surface area contributed by atoms with Crippen LogP contribution < -0.4 is 0 Å². The highest BCUT2D eigenvalue weighted by Gasteiger charge is 2.07. The minimum atomic E-state index is -0.261. The highest BCUT2D eigenvalue weighted by Crippen LogP contribution is 2.20. The Labute approximate surface area is 110 Å². The molecular weight excluding hydrogens is 255 g/mol. The molecule has 0 nitrogen and oxygen atoms in total. The van der Waals surface area contributed by atoms with Crippen LogP contribution in [0.1, 0.15) is 30.5 Å². The first-order valence-corrected chi connectivity index (χ1v) is 7.49. The molecule has 0 heterocycles. The van der Waals surface area contributed by atoms with Crippen LogP contribution in [-0.2, 0) is 12.5 Å². The van der Waals surface area contributed by atoms with Gasteiger partial charge in [0.1, 0.15) is 0 Å². The first-order chi connectivity index (χ1) is 7.54. The van der Waals surface area contributed by atoms with Gasteiger partial charge in [0.15, 0.2) is 0 Å². The topological polar surface area (TPSA) is 0 Å². The van der Waals surface area contributed by atoms with Crippen molar-refractivity contribution in [1.29, 1.82) is 0 Å². The first kappa shape index (κ1) is 13.8. The summed E-state index contributed by atoms with van der Waals surface area (Å²) in [6.07, 6.45) is 1.05. The monoisotopic (exact) mass is 270 g/mol. The van der Waals surface area contributed by atoms with Crippen molar-refractivity contribution in [3.8, 4) is 0 Å². The highest BCUT2D eigenvalue weighted by atomic mass is 35.5. The smallest absolute Gasteiger partial charge is 0.0932 e. The molecule has 0 aromatic heterocycles. The standard InChI is InChI=1S/C13H16Cl2Si/c1-4-10-5-6-12(9(2)3)11(7-10)8-16-13(14)15/h5-7,13H,2,4,8H2,1,3H3. The lowest BCUT2D eigenvalue weighted by Crippen LogP contribution is -2.08. The van der Waals surface area contributed by atoms with Crippen molar-refractivity contribution >= 4 is 38.3 Å². The van der Waals surface area contributed by atoms with Crippen molar-refractivity contribution in [3.05, 3.63) is 41.5 Å². The van der Waals surface area contributed by atoms with E-state index in [1.807, 2.05) is 6.92 Å². The van der Waals surface area contributed by atoms with Crippen molar-refractivity contribution in [3.63, 3.8) is 0 Å². The molecule has 1 rings (SSSR count). The zero-order chi connectivity index (χ0) is 12.1. The van der Waals surface area contributed by atoms with Crippen LogP contribution in [0.3, 0.4) is 0 Å². The number of rotatable bonds is 5. The Balaban J connectivity index is 2.96. The Bertz CT molecular complexity index is 372. The lowest BCUT2D eigenvalue weighted by atomic mass is 9.99. The number of allylic oxidation sites excluding steroid dienone is 1. The van der Waals surface area contributed by atoms with Gasteiger partial charge in [0.05, 0.1) is 14.0 Å². The van der Waals surface area contributed by atoms with Crippen LogP contribution in [0.25, 0.3) is 5.57 Å². The average Bonchev–Trinajstić information content (AvgIpc) is 2.25. The van der Waals surface area contributed by atoms with Crippen molar-refractivity contribution in [2.24, 2.45) is 0 Å². The Morgan fingerprint density at radius 2 is 2.12 bits per heavy atom. The summed E-state index contributed by atoms with van der Waals surface area (Å²) in [7, 11) is 0.543. The molecule has 3 heteroatoms. The van der Waals surface area contributed by atoms with Crippen molar-refractivity contribution in [2.75, 3.05) is 0 Å². The summed E-state index contributed by atoms with van der Waals surface area (Å²) in [4.78, 5) is 0. The average molecular weight is 271 g/mol. The molecule has 0 fully saturated rings. The van der Waals surface area contributed by atoms with Gasteiger partial charge in [-0.2, -0.15) is 0 Å². The lowest BCUT2D eigenvalue weighted by molar-refractivity contribution is 1.12. The zero-order valence-electron chi connectivity index (χ0n) is 9.69. The van der Waals surface area contributed by atoms with Gasteiger partial charge in [-0.3, -0.25) is 0 Å². The number of hydrogen-bond acceptors (Lipinski definition) is 0. The summed E-state index contributed by atoms with van der Waals surface area (Å²) in [5, 5.41) is 0. The maximum absolute atomic E-state index is 5.79. The van der Waals surface area contributed by atoms with E-state index in [0.717, 1.165) is 18.0 Å². The van der Waals surface area contributed by atoms with Crippen LogP contribution >= 0.6 is 23.2 Å². The first-order valence-electron chi connectivity index (χ1n) is 5.33. The van der Waals surface area contributed by atoms with Crippen LogP contribution in [0.15, 0.2) is 24.8 Å². The summed E-state index contributed by atoms with van der Waals surface area (Å²) in [6, 6.07) is 7.49. The summed E-state index contributed by atoms with van der Waals surface area (Å²) in [5.41, 5.74) is 5.00. The third-order valence-electron chi connectivity index (χ3n) is 2.48. The molecule has 1 aromatic carbocycles. The summed E-state index contributed by atoms with van der Waals surface area (Å²) in [6.45, 7) is 8.20. The number of alkyl halides is 2. The van der Waals surface area contributed by atoms with E-state index < -0.39 is 0 Å². The molecule has 0 saturated heterocycles. The molecule has 0 atom stereocenters. The molecule has 0 N–H and O–H groups in total. The summed E-state index contributed by atoms with van der Waals surface area (Å²) >= 11 is 11.6. The van der Waals surface area contributed by atoms with Gasteiger partial charge in [0.2, 0.25) is 0 Å². The summed E-state index contributed by atoms with van der Waals surface area (Å²) < 4.78 is -0.261. The minimum absolute atomic E-state index is 0.261. The van der Waals surface area contributed by atoms with Crippen LogP contribution in [0.5, 0.6) is 0 Å². The molecule has 0 amide bonds. The maximum Gasteiger partial charge on any atom is 0.0932 e. The number of halogens is 2. The molecule has 0 aliphatic carbocycles. The normalized spacial score (nSPS) is 10.8. The van der Waals surface area contributed by atoms with E-state index in [9.17, 15) is 0 Å². The van der Waals surface area contributed by atoms with Crippen molar-refractivity contribution in [1.82, 2.24) is 0 Å². The molecule has 86 valence electrons. The van der Waals surface area contributed by atoms with Crippen LogP contribution in [0, 0.1) is 0 Å². The van der Waals surface area contributed by atoms with Gasteiger partial charge in [0.25, 0.3) is 0 Å². The van der Waals surface area contributed by atoms with E-state index in [1.165, 1.54) is 16.7 Å². The number of benzene rings is 1. The zero-order valence-corrected chi connectivity index (χ0v) is 12.2. The third kappa shape index (κ3) is 3.97. The fourth-order valence-electron chi connectivity index (χ4n) is 1.62. The second kappa shape index (κ2) is 6.48. The molecule has 0 bridgehead atoms. The largest absolute Gasteiger partial charge is 0.110 e. The second-order valence-corrected chi connectivity index (χ2v) is 6.97. The molecular formula is C13H16Cl2Si. The van der Waals surface area contributed by atoms with Crippen LogP contribution in [0.4, 0.5) is 0 Å². The van der Waals surface area contributed by atoms with E-state index in [1.54, 1.807) is 0 Å². The summed E-state index contributed by atoms with van der Waals surface area (Å²) in [5.74, 6) is 0.